The van der Waals surface area contributed by atoms with Gasteiger partial charge in [0.2, 0.25) is 5.91 Å². The van der Waals surface area contributed by atoms with Gasteiger partial charge in [-0.3, -0.25) is 19.7 Å². The van der Waals surface area contributed by atoms with E-state index in [1.807, 2.05) is 0 Å². The molecule has 0 aliphatic carbocycles. The van der Waals surface area contributed by atoms with E-state index in [1.54, 1.807) is 42.5 Å². The summed E-state index contributed by atoms with van der Waals surface area (Å²) in [5.41, 5.74) is 1.18. The van der Waals surface area contributed by atoms with Gasteiger partial charge in [0.25, 0.3) is 11.2 Å². The maximum atomic E-state index is 12.4. The average Bonchev–Trinajstić information content (AvgIpc) is 3.18. The number of nitrogens with zero attached hydrogens (tertiary/aromatic N) is 4. The van der Waals surface area contributed by atoms with Gasteiger partial charge in [-0.1, -0.05) is 24.3 Å². The number of amides is 1. The first kappa shape index (κ1) is 18.7. The van der Waals surface area contributed by atoms with E-state index in [0.717, 1.165) is 0 Å². The number of fused-ring (bicyclic) bond motifs is 1. The van der Waals surface area contributed by atoms with E-state index in [0.29, 0.717) is 28.0 Å². The number of nitrogens with one attached hydrogen (secondary N) is 2. The van der Waals surface area contributed by atoms with Crippen LogP contribution in [0.1, 0.15) is 5.56 Å². The van der Waals surface area contributed by atoms with Crippen LogP contribution in [0.4, 0.5) is 11.4 Å². The maximum absolute atomic E-state index is 12.4. The highest BCUT2D eigenvalue weighted by Gasteiger charge is 2.14. The van der Waals surface area contributed by atoms with Crippen molar-refractivity contribution in [3.05, 3.63) is 93.2 Å². The molecule has 1 amide bonds. The second-order valence-electron chi connectivity index (χ2n) is 6.18. The topological polar surface area (TPSA) is 136 Å². The number of hydrogen-bond donors (Lipinski definition) is 2. The maximum Gasteiger partial charge on any atom is 0.276 e. The molecule has 0 spiro atoms. The van der Waals surface area contributed by atoms with Gasteiger partial charge in [-0.25, -0.2) is 9.67 Å². The van der Waals surface area contributed by atoms with Crippen molar-refractivity contribution in [3.8, 4) is 5.69 Å². The first-order valence-corrected chi connectivity index (χ1v) is 8.78. The third-order valence-corrected chi connectivity index (χ3v) is 4.31. The number of aromatic nitrogens is 4. The lowest BCUT2D eigenvalue weighted by molar-refractivity contribution is -0.385. The number of anilines is 1. The lowest BCUT2D eigenvalue weighted by atomic mass is 10.1. The fourth-order valence-electron chi connectivity index (χ4n) is 2.93. The van der Waals surface area contributed by atoms with Gasteiger partial charge < -0.3 is 10.3 Å². The van der Waals surface area contributed by atoms with E-state index in [1.165, 1.54) is 35.4 Å². The minimum atomic E-state index is -0.510. The predicted octanol–water partition coefficient (Wildman–Crippen LogP) is 2.67. The van der Waals surface area contributed by atoms with Gasteiger partial charge in [-0.05, 0) is 24.3 Å². The summed E-state index contributed by atoms with van der Waals surface area (Å²) in [4.78, 5) is 41.6. The molecule has 30 heavy (non-hydrogen) atoms. The number of aromatic amines is 1. The fourth-order valence-corrected chi connectivity index (χ4v) is 2.93. The highest BCUT2D eigenvalue weighted by Crippen LogP contribution is 2.23. The number of H-pyrrole nitrogens is 1. The van der Waals surface area contributed by atoms with E-state index >= 15 is 0 Å². The Morgan fingerprint density at radius 1 is 1.17 bits per heavy atom. The summed E-state index contributed by atoms with van der Waals surface area (Å²) < 4.78 is 1.45. The Morgan fingerprint density at radius 3 is 2.77 bits per heavy atom. The summed E-state index contributed by atoms with van der Waals surface area (Å²) in [6.07, 6.45) is 5.26. The minimum absolute atomic E-state index is 0.0961. The van der Waals surface area contributed by atoms with Gasteiger partial charge in [0.1, 0.15) is 5.39 Å². The first-order valence-electron chi connectivity index (χ1n) is 8.78. The summed E-state index contributed by atoms with van der Waals surface area (Å²) in [6, 6.07) is 13.0. The zero-order valence-corrected chi connectivity index (χ0v) is 15.4. The zero-order chi connectivity index (χ0) is 21.1. The summed E-state index contributed by atoms with van der Waals surface area (Å²) >= 11 is 0. The Kier molecular flexibility index (Phi) is 4.87. The lowest BCUT2D eigenvalue weighted by Crippen LogP contribution is -2.12. The summed E-state index contributed by atoms with van der Waals surface area (Å²) in [6.45, 7) is 0. The Morgan fingerprint density at radius 2 is 1.93 bits per heavy atom. The molecule has 4 rings (SSSR count). The van der Waals surface area contributed by atoms with Gasteiger partial charge in [0.05, 0.1) is 34.4 Å². The molecule has 10 nitrogen and oxygen atoms in total. The molecule has 0 saturated carbocycles. The molecular weight excluding hydrogens is 388 g/mol. The second kappa shape index (κ2) is 7.80. The molecule has 2 aromatic carbocycles. The van der Waals surface area contributed by atoms with Crippen LogP contribution in [0.2, 0.25) is 0 Å². The third-order valence-electron chi connectivity index (χ3n) is 4.31. The monoisotopic (exact) mass is 402 g/mol. The van der Waals surface area contributed by atoms with Crippen molar-refractivity contribution in [1.29, 1.82) is 0 Å². The number of carbonyl (C=O) groups is 1. The largest absolute Gasteiger partial charge is 0.321 e. The van der Waals surface area contributed by atoms with E-state index in [2.05, 4.69) is 20.4 Å². The number of nitro groups is 1. The van der Waals surface area contributed by atoms with Crippen molar-refractivity contribution in [2.45, 2.75) is 0 Å². The lowest BCUT2D eigenvalue weighted by Gasteiger charge is -2.10. The van der Waals surface area contributed by atoms with Crippen molar-refractivity contribution in [3.63, 3.8) is 0 Å². The molecule has 148 valence electrons. The standard InChI is InChI=1S/C20H14N6O4/c27-18(10-9-13-5-1-3-7-16(13)26(29)30)24-15-6-2-4-8-17(15)25-19-14(11-23-25)20(28)22-12-21-19/h1-12H,(H,24,27)(H,21,22,28)/b10-9+. The van der Waals surface area contributed by atoms with Gasteiger partial charge in [-0.15, -0.1) is 0 Å². The average molecular weight is 402 g/mol. The third kappa shape index (κ3) is 3.56. The molecule has 2 heterocycles. The Balaban J connectivity index is 1.64. The second-order valence-corrected chi connectivity index (χ2v) is 6.18. The number of nitro benzene ring substituents is 1. The summed E-state index contributed by atoms with van der Waals surface area (Å²) in [7, 11) is 0. The Bertz CT molecular complexity index is 1350. The number of benzene rings is 2. The van der Waals surface area contributed by atoms with Gasteiger partial charge >= 0.3 is 0 Å². The van der Waals surface area contributed by atoms with Crippen molar-refractivity contribution in [2.24, 2.45) is 0 Å². The van der Waals surface area contributed by atoms with Crippen LogP contribution in [0.5, 0.6) is 0 Å². The number of hydrogen-bond acceptors (Lipinski definition) is 6. The van der Waals surface area contributed by atoms with Crippen LogP contribution in [0.25, 0.3) is 22.8 Å². The Labute approximate surface area is 168 Å². The molecule has 0 aliphatic rings. The van der Waals surface area contributed by atoms with Gasteiger partial charge in [0.15, 0.2) is 5.65 Å². The molecule has 10 heteroatoms. The van der Waals surface area contributed by atoms with Crippen LogP contribution < -0.4 is 10.9 Å². The van der Waals surface area contributed by atoms with Crippen LogP contribution in [0.3, 0.4) is 0 Å². The molecule has 0 atom stereocenters. The molecule has 0 radical (unpaired) electrons. The Hall–Kier alpha value is -4.60. The van der Waals surface area contributed by atoms with Crippen LogP contribution >= 0.6 is 0 Å². The van der Waals surface area contributed by atoms with Crippen molar-refractivity contribution in [1.82, 2.24) is 19.7 Å². The number of carbonyl (C=O) groups excluding carboxylic acids is 1. The molecule has 0 fully saturated rings. The van der Waals surface area contributed by atoms with E-state index in [4.69, 9.17) is 0 Å². The number of rotatable bonds is 5. The van der Waals surface area contributed by atoms with Crippen molar-refractivity contribution >= 4 is 34.4 Å². The van der Waals surface area contributed by atoms with Gasteiger partial charge in [-0.2, -0.15) is 5.10 Å². The first-order chi connectivity index (χ1) is 14.5. The van der Waals surface area contributed by atoms with Crippen LogP contribution in [0, 0.1) is 10.1 Å². The smallest absolute Gasteiger partial charge is 0.276 e. The summed E-state index contributed by atoms with van der Waals surface area (Å²) in [5, 5.41) is 18.3. The molecule has 0 saturated heterocycles. The quantitative estimate of drug-likeness (QED) is 0.299. The zero-order valence-electron chi connectivity index (χ0n) is 15.4. The molecule has 0 aliphatic heterocycles. The molecule has 0 bridgehead atoms. The highest BCUT2D eigenvalue weighted by molar-refractivity contribution is 6.03. The molecule has 0 unspecified atom stereocenters. The fraction of sp³-hybridized carbons (Fsp3) is 0. The van der Waals surface area contributed by atoms with Crippen LogP contribution in [-0.4, -0.2) is 30.6 Å². The molecule has 2 aromatic heterocycles. The number of para-hydroxylation sites is 3. The molecule has 4 aromatic rings. The van der Waals surface area contributed by atoms with E-state index < -0.39 is 10.8 Å². The van der Waals surface area contributed by atoms with Crippen LogP contribution in [-0.2, 0) is 4.79 Å². The predicted molar refractivity (Wildman–Crippen MR) is 110 cm³/mol. The molecule has 2 N–H and O–H groups in total. The van der Waals surface area contributed by atoms with Crippen LogP contribution in [0.15, 0.2) is 71.9 Å². The van der Waals surface area contributed by atoms with Crippen molar-refractivity contribution < 1.29 is 9.72 Å². The SMILES string of the molecule is O=C(/C=C/c1ccccc1[N+](=O)[O-])Nc1ccccc1-n1ncc2c(=O)[nH]cnc21. The normalized spacial score (nSPS) is 11.1. The molecular formula is C20H14N6O4. The van der Waals surface area contributed by atoms with Crippen molar-refractivity contribution in [2.75, 3.05) is 5.32 Å². The van der Waals surface area contributed by atoms with E-state index in [-0.39, 0.29) is 11.2 Å². The van der Waals surface area contributed by atoms with Gasteiger partial charge in [0, 0.05) is 12.1 Å². The highest BCUT2D eigenvalue weighted by atomic mass is 16.6. The van der Waals surface area contributed by atoms with E-state index in [9.17, 15) is 19.7 Å². The summed E-state index contributed by atoms with van der Waals surface area (Å²) in [5.74, 6) is -0.483. The minimum Gasteiger partial charge on any atom is -0.321 e.